The number of halogens is 1. The maximum Gasteiger partial charge on any atom is 0.345 e. The van der Waals surface area contributed by atoms with Crippen LogP contribution in [0.25, 0.3) is 0 Å². The Morgan fingerprint density at radius 3 is 2.47 bits per heavy atom. The van der Waals surface area contributed by atoms with Crippen molar-refractivity contribution in [2.45, 2.75) is 32.2 Å². The number of benzene rings is 2. The highest BCUT2D eigenvalue weighted by Gasteiger charge is 2.27. The van der Waals surface area contributed by atoms with E-state index in [1.165, 1.54) is 4.31 Å². The number of carboxylic acids is 1. The van der Waals surface area contributed by atoms with Crippen molar-refractivity contribution in [1.29, 1.82) is 0 Å². The highest BCUT2D eigenvalue weighted by molar-refractivity contribution is 7.92. The van der Waals surface area contributed by atoms with Gasteiger partial charge < -0.3 is 5.11 Å². The molecular formula is C23H23ClN2O4S2. The van der Waals surface area contributed by atoms with Gasteiger partial charge >= 0.3 is 5.97 Å². The average molecular weight is 491 g/mol. The summed E-state index contributed by atoms with van der Waals surface area (Å²) in [5.41, 5.74) is 3.45. The van der Waals surface area contributed by atoms with Crippen molar-refractivity contribution in [1.82, 2.24) is 0 Å². The third-order valence-electron chi connectivity index (χ3n) is 4.89. The molecule has 0 radical (unpaired) electrons. The van der Waals surface area contributed by atoms with Gasteiger partial charge in [0.15, 0.2) is 0 Å². The van der Waals surface area contributed by atoms with Gasteiger partial charge in [-0.3, -0.25) is 9.30 Å². The van der Waals surface area contributed by atoms with Crippen LogP contribution in [0.4, 0.5) is 5.69 Å². The summed E-state index contributed by atoms with van der Waals surface area (Å²) in [7, 11) is -3.88. The van der Waals surface area contributed by atoms with E-state index in [1.807, 2.05) is 6.92 Å². The van der Waals surface area contributed by atoms with Crippen LogP contribution in [0.2, 0.25) is 5.02 Å². The minimum atomic E-state index is -3.88. The van der Waals surface area contributed by atoms with E-state index >= 15 is 0 Å². The molecule has 0 aliphatic heterocycles. The van der Waals surface area contributed by atoms with E-state index < -0.39 is 16.0 Å². The van der Waals surface area contributed by atoms with E-state index in [9.17, 15) is 13.2 Å². The fourth-order valence-corrected chi connectivity index (χ4v) is 5.52. The first-order chi connectivity index (χ1) is 15.1. The summed E-state index contributed by atoms with van der Waals surface area (Å²) < 4.78 is 28.4. The molecule has 6 nitrogen and oxygen atoms in total. The van der Waals surface area contributed by atoms with Crippen molar-refractivity contribution in [3.05, 3.63) is 80.5 Å². The molecule has 168 valence electrons. The lowest BCUT2D eigenvalue weighted by molar-refractivity contribution is 0.0702. The number of nitrogens with zero attached hydrogens (tertiary/aromatic N) is 2. The summed E-state index contributed by atoms with van der Waals surface area (Å²) in [5.74, 6) is -0.978. The van der Waals surface area contributed by atoms with Gasteiger partial charge in [-0.1, -0.05) is 35.4 Å². The van der Waals surface area contributed by atoms with Crippen LogP contribution in [0, 0.1) is 13.8 Å². The number of carbonyl (C=O) groups is 1. The zero-order valence-electron chi connectivity index (χ0n) is 17.9. The zero-order chi connectivity index (χ0) is 23.5. The van der Waals surface area contributed by atoms with Crippen LogP contribution in [0.3, 0.4) is 0 Å². The maximum atomic E-state index is 13.6. The van der Waals surface area contributed by atoms with Crippen LogP contribution >= 0.6 is 22.9 Å². The van der Waals surface area contributed by atoms with E-state index in [-0.39, 0.29) is 22.9 Å². The number of anilines is 1. The molecule has 1 N–H and O–H groups in total. The SMILES string of the molecule is CC(CN(c1cccc(Cl)c1C)S(=O)(=O)c1ccc(C)cc1)=NCc1csc(C(=O)O)c1. The Hall–Kier alpha value is -2.68. The normalized spacial score (nSPS) is 12.1. The number of aryl methyl sites for hydroxylation is 1. The molecule has 3 aromatic rings. The Bertz CT molecular complexity index is 1270. The Morgan fingerprint density at radius 2 is 1.84 bits per heavy atom. The first kappa shape index (κ1) is 24.0. The third kappa shape index (κ3) is 5.38. The maximum absolute atomic E-state index is 13.6. The number of hydrogen-bond acceptors (Lipinski definition) is 5. The van der Waals surface area contributed by atoms with Crippen molar-refractivity contribution < 1.29 is 18.3 Å². The topological polar surface area (TPSA) is 87.0 Å². The molecule has 1 heterocycles. The Balaban J connectivity index is 1.96. The van der Waals surface area contributed by atoms with Gasteiger partial charge in [-0.25, -0.2) is 13.2 Å². The van der Waals surface area contributed by atoms with Crippen molar-refractivity contribution in [2.24, 2.45) is 4.99 Å². The second-order valence-electron chi connectivity index (χ2n) is 7.38. The number of thiophene rings is 1. The van der Waals surface area contributed by atoms with Crippen molar-refractivity contribution in [3.8, 4) is 0 Å². The van der Waals surface area contributed by atoms with Gasteiger partial charge in [0.2, 0.25) is 0 Å². The fourth-order valence-electron chi connectivity index (χ4n) is 3.06. The highest BCUT2D eigenvalue weighted by Crippen LogP contribution is 2.31. The Labute approximate surface area is 196 Å². The smallest absolute Gasteiger partial charge is 0.345 e. The van der Waals surface area contributed by atoms with Gasteiger partial charge in [0, 0.05) is 10.7 Å². The molecule has 0 saturated carbocycles. The van der Waals surface area contributed by atoms with Crippen LogP contribution < -0.4 is 4.31 Å². The second-order valence-corrected chi connectivity index (χ2v) is 10.6. The van der Waals surface area contributed by atoms with Crippen LogP contribution in [-0.4, -0.2) is 31.8 Å². The molecule has 0 spiro atoms. The summed E-state index contributed by atoms with van der Waals surface area (Å²) in [5, 5.41) is 11.3. The van der Waals surface area contributed by atoms with E-state index in [0.717, 1.165) is 22.5 Å². The minimum Gasteiger partial charge on any atom is -0.477 e. The summed E-state index contributed by atoms with van der Waals surface area (Å²) in [6, 6.07) is 13.4. The number of aromatic carboxylic acids is 1. The predicted octanol–water partition coefficient (Wildman–Crippen LogP) is 5.57. The average Bonchev–Trinajstić information content (AvgIpc) is 3.22. The van der Waals surface area contributed by atoms with Gasteiger partial charge in [-0.2, -0.15) is 0 Å². The molecule has 0 unspecified atom stereocenters. The Kier molecular flexibility index (Phi) is 7.38. The molecule has 0 saturated heterocycles. The van der Waals surface area contributed by atoms with Gasteiger partial charge in [-0.15, -0.1) is 11.3 Å². The lowest BCUT2D eigenvalue weighted by atomic mass is 10.2. The molecular weight excluding hydrogens is 468 g/mol. The monoisotopic (exact) mass is 490 g/mol. The molecule has 0 atom stereocenters. The van der Waals surface area contributed by atoms with Crippen LogP contribution in [0.1, 0.15) is 33.3 Å². The van der Waals surface area contributed by atoms with E-state index in [2.05, 4.69) is 4.99 Å². The summed E-state index contributed by atoms with van der Waals surface area (Å²) in [4.78, 5) is 16.0. The quantitative estimate of drug-likeness (QED) is 0.418. The van der Waals surface area contributed by atoms with E-state index in [0.29, 0.717) is 22.0 Å². The summed E-state index contributed by atoms with van der Waals surface area (Å²) >= 11 is 7.42. The van der Waals surface area contributed by atoms with Crippen molar-refractivity contribution >= 4 is 50.3 Å². The van der Waals surface area contributed by atoms with Crippen molar-refractivity contribution in [3.63, 3.8) is 0 Å². The zero-order valence-corrected chi connectivity index (χ0v) is 20.3. The van der Waals surface area contributed by atoms with Crippen LogP contribution in [-0.2, 0) is 16.6 Å². The standard InChI is InChI=1S/C23H23ClN2O4S2/c1-15-7-9-19(10-8-15)32(29,30)26(21-6-4-5-20(24)17(21)3)13-16(2)25-12-18-11-22(23(27)28)31-14-18/h4-11,14H,12-13H2,1-3H3,(H,27,28). The minimum absolute atomic E-state index is 0.0350. The number of aliphatic imine (C=N–C) groups is 1. The molecule has 0 fully saturated rings. The molecule has 0 bridgehead atoms. The van der Waals surface area contributed by atoms with Gasteiger partial charge in [0.05, 0.1) is 23.7 Å². The molecule has 0 aliphatic rings. The van der Waals surface area contributed by atoms with Gasteiger partial charge in [0.1, 0.15) is 4.88 Å². The third-order valence-corrected chi connectivity index (χ3v) is 8.04. The highest BCUT2D eigenvalue weighted by atomic mass is 35.5. The fraction of sp³-hybridized carbons (Fsp3) is 0.217. The van der Waals surface area contributed by atoms with E-state index in [4.69, 9.17) is 16.7 Å². The molecule has 0 amide bonds. The first-order valence-electron chi connectivity index (χ1n) is 9.74. The van der Waals surface area contributed by atoms with Crippen LogP contribution in [0.15, 0.2) is 63.8 Å². The summed E-state index contributed by atoms with van der Waals surface area (Å²) in [6.45, 7) is 5.73. The number of carboxylic acid groups (broad SMARTS) is 1. The van der Waals surface area contributed by atoms with Gasteiger partial charge in [0.25, 0.3) is 10.0 Å². The molecule has 0 aliphatic carbocycles. The number of hydrogen-bond donors (Lipinski definition) is 1. The number of rotatable bonds is 8. The molecule has 1 aromatic heterocycles. The largest absolute Gasteiger partial charge is 0.477 e. The van der Waals surface area contributed by atoms with Crippen LogP contribution in [0.5, 0.6) is 0 Å². The lowest BCUT2D eigenvalue weighted by Gasteiger charge is -2.26. The second kappa shape index (κ2) is 9.85. The summed E-state index contributed by atoms with van der Waals surface area (Å²) in [6.07, 6.45) is 0. The molecule has 9 heteroatoms. The molecule has 32 heavy (non-hydrogen) atoms. The van der Waals surface area contributed by atoms with Gasteiger partial charge in [-0.05, 0) is 67.6 Å². The van der Waals surface area contributed by atoms with Crippen molar-refractivity contribution in [2.75, 3.05) is 10.8 Å². The number of sulfonamides is 1. The lowest BCUT2D eigenvalue weighted by Crippen LogP contribution is -2.35. The molecule has 3 rings (SSSR count). The Morgan fingerprint density at radius 1 is 1.16 bits per heavy atom. The van der Waals surface area contributed by atoms with E-state index in [1.54, 1.807) is 67.8 Å². The predicted molar refractivity (Wildman–Crippen MR) is 130 cm³/mol. The first-order valence-corrected chi connectivity index (χ1v) is 12.4. The molecule has 2 aromatic carbocycles.